The maximum atomic E-state index is 5.82. The fourth-order valence-electron chi connectivity index (χ4n) is 1.55. The van der Waals surface area contributed by atoms with Gasteiger partial charge in [-0.2, -0.15) is 0 Å². The van der Waals surface area contributed by atoms with E-state index in [9.17, 15) is 0 Å². The molecular weight excluding hydrogens is 140 g/mol. The molecule has 0 aromatic rings. The Labute approximate surface area is 66.6 Å². The van der Waals surface area contributed by atoms with Gasteiger partial charge in [0.15, 0.2) is 0 Å². The van der Waals surface area contributed by atoms with Gasteiger partial charge in [-0.05, 0) is 39.2 Å². The monoisotopic (exact) mass is 158 g/mol. The average Bonchev–Trinajstić information content (AvgIpc) is 1.84. The molecule has 0 heterocycles. The summed E-state index contributed by atoms with van der Waals surface area (Å²) in [7, 11) is 1.29. The standard InChI is InChI=1S/C8H18OSi/c1-6(2)9-8(3)5-4-7(8)10/h6-7H,4-5H2,1-3,10H3. The molecule has 1 saturated carbocycles. The molecule has 0 aromatic heterocycles. The molecule has 1 fully saturated rings. The van der Waals surface area contributed by atoms with Gasteiger partial charge in [0.1, 0.15) is 0 Å². The summed E-state index contributed by atoms with van der Waals surface area (Å²) in [5, 5.41) is 0. The predicted molar refractivity (Wildman–Crippen MR) is 47.5 cm³/mol. The summed E-state index contributed by atoms with van der Waals surface area (Å²) in [4.78, 5) is 0. The van der Waals surface area contributed by atoms with Crippen LogP contribution in [0.2, 0.25) is 5.54 Å². The quantitative estimate of drug-likeness (QED) is 0.547. The minimum absolute atomic E-state index is 0.264. The highest BCUT2D eigenvalue weighted by Crippen LogP contribution is 2.44. The second kappa shape index (κ2) is 2.66. The fourth-order valence-corrected chi connectivity index (χ4v) is 2.27. The number of ether oxygens (including phenoxy) is 1. The Bertz CT molecular complexity index is 124. The Morgan fingerprint density at radius 2 is 2.20 bits per heavy atom. The van der Waals surface area contributed by atoms with Crippen LogP contribution in [-0.2, 0) is 4.74 Å². The smallest absolute Gasteiger partial charge is 0.0654 e. The lowest BCUT2D eigenvalue weighted by Crippen LogP contribution is -2.44. The summed E-state index contributed by atoms with van der Waals surface area (Å²) in [6.45, 7) is 6.50. The van der Waals surface area contributed by atoms with Crippen LogP contribution in [0.1, 0.15) is 33.6 Å². The molecule has 2 unspecified atom stereocenters. The second-order valence-electron chi connectivity index (χ2n) is 3.92. The molecule has 2 atom stereocenters. The van der Waals surface area contributed by atoms with Crippen LogP contribution in [-0.4, -0.2) is 21.9 Å². The molecule has 0 radical (unpaired) electrons. The van der Waals surface area contributed by atoms with Crippen LogP contribution in [0.25, 0.3) is 0 Å². The van der Waals surface area contributed by atoms with Gasteiger partial charge < -0.3 is 4.74 Å². The molecule has 0 amide bonds. The zero-order chi connectivity index (χ0) is 7.78. The first-order chi connectivity index (χ1) is 4.54. The highest BCUT2D eigenvalue weighted by Gasteiger charge is 2.40. The first kappa shape index (κ1) is 8.28. The molecule has 0 saturated heterocycles. The molecular formula is C8H18OSi. The zero-order valence-corrected chi connectivity index (χ0v) is 9.48. The van der Waals surface area contributed by atoms with Gasteiger partial charge in [-0.1, -0.05) is 0 Å². The number of rotatable bonds is 2. The lowest BCUT2D eigenvalue weighted by molar-refractivity contribution is -0.113. The van der Waals surface area contributed by atoms with Crippen molar-refractivity contribution in [3.05, 3.63) is 0 Å². The van der Waals surface area contributed by atoms with E-state index in [0.29, 0.717) is 6.10 Å². The molecule has 60 valence electrons. The molecule has 1 rings (SSSR count). The van der Waals surface area contributed by atoms with E-state index in [1.165, 1.54) is 23.1 Å². The third kappa shape index (κ3) is 1.43. The summed E-state index contributed by atoms with van der Waals surface area (Å²) in [5.41, 5.74) is 1.16. The third-order valence-electron chi connectivity index (χ3n) is 2.62. The minimum atomic E-state index is 0.264. The van der Waals surface area contributed by atoms with Gasteiger partial charge in [-0.25, -0.2) is 0 Å². The molecule has 0 N–H and O–H groups in total. The third-order valence-corrected chi connectivity index (χ3v) is 4.42. The predicted octanol–water partition coefficient (Wildman–Crippen LogP) is 1.12. The van der Waals surface area contributed by atoms with Gasteiger partial charge in [0.25, 0.3) is 0 Å². The number of hydrogen-bond donors (Lipinski definition) is 0. The van der Waals surface area contributed by atoms with E-state index in [-0.39, 0.29) is 5.60 Å². The maximum Gasteiger partial charge on any atom is 0.0654 e. The van der Waals surface area contributed by atoms with Crippen LogP contribution in [0.5, 0.6) is 0 Å². The first-order valence-corrected chi connectivity index (χ1v) is 5.38. The number of hydrogen-bond acceptors (Lipinski definition) is 1. The SMILES string of the molecule is CC(C)OC1(C)CCC1[SiH3]. The van der Waals surface area contributed by atoms with E-state index in [0.717, 1.165) is 5.54 Å². The van der Waals surface area contributed by atoms with Gasteiger partial charge in [0.05, 0.1) is 11.7 Å². The van der Waals surface area contributed by atoms with E-state index in [1.54, 1.807) is 0 Å². The summed E-state index contributed by atoms with van der Waals surface area (Å²) in [6, 6.07) is 0. The topological polar surface area (TPSA) is 9.23 Å². The highest BCUT2D eigenvalue weighted by molar-refractivity contribution is 6.13. The van der Waals surface area contributed by atoms with Crippen molar-refractivity contribution >= 4 is 10.2 Å². The van der Waals surface area contributed by atoms with Crippen LogP contribution in [0.15, 0.2) is 0 Å². The highest BCUT2D eigenvalue weighted by atomic mass is 28.1. The minimum Gasteiger partial charge on any atom is -0.373 e. The van der Waals surface area contributed by atoms with Crippen molar-refractivity contribution < 1.29 is 4.74 Å². The van der Waals surface area contributed by atoms with Gasteiger partial charge in [0, 0.05) is 10.2 Å². The summed E-state index contributed by atoms with van der Waals surface area (Å²) >= 11 is 0. The average molecular weight is 158 g/mol. The van der Waals surface area contributed by atoms with Crippen molar-refractivity contribution in [2.24, 2.45) is 0 Å². The largest absolute Gasteiger partial charge is 0.373 e. The van der Waals surface area contributed by atoms with Gasteiger partial charge >= 0.3 is 0 Å². The molecule has 2 heteroatoms. The Hall–Kier alpha value is 0.177. The van der Waals surface area contributed by atoms with Gasteiger partial charge in [-0.15, -0.1) is 0 Å². The van der Waals surface area contributed by atoms with Crippen LogP contribution in [0.3, 0.4) is 0 Å². The van der Waals surface area contributed by atoms with E-state index in [2.05, 4.69) is 20.8 Å². The summed E-state index contributed by atoms with van der Waals surface area (Å²) in [6.07, 6.45) is 3.08. The molecule has 10 heavy (non-hydrogen) atoms. The molecule has 0 aromatic carbocycles. The molecule has 1 aliphatic carbocycles. The van der Waals surface area contributed by atoms with E-state index in [1.807, 2.05) is 0 Å². The Balaban J connectivity index is 2.38. The summed E-state index contributed by atoms with van der Waals surface area (Å²) < 4.78 is 5.82. The summed E-state index contributed by atoms with van der Waals surface area (Å²) in [5.74, 6) is 0. The van der Waals surface area contributed by atoms with Crippen LogP contribution in [0.4, 0.5) is 0 Å². The van der Waals surface area contributed by atoms with Crippen LogP contribution < -0.4 is 0 Å². The molecule has 0 aliphatic heterocycles. The molecule has 1 aliphatic rings. The van der Waals surface area contributed by atoms with Crippen molar-refractivity contribution in [1.82, 2.24) is 0 Å². The van der Waals surface area contributed by atoms with Crippen molar-refractivity contribution in [2.45, 2.75) is 50.9 Å². The molecule has 0 bridgehead atoms. The lowest BCUT2D eigenvalue weighted by atomic mass is 9.80. The Morgan fingerprint density at radius 1 is 1.60 bits per heavy atom. The van der Waals surface area contributed by atoms with Crippen LogP contribution in [0, 0.1) is 0 Å². The Morgan fingerprint density at radius 3 is 2.30 bits per heavy atom. The second-order valence-corrected chi connectivity index (χ2v) is 5.31. The molecule has 0 spiro atoms. The van der Waals surface area contributed by atoms with E-state index >= 15 is 0 Å². The van der Waals surface area contributed by atoms with E-state index < -0.39 is 0 Å². The zero-order valence-electron chi connectivity index (χ0n) is 7.48. The first-order valence-electron chi connectivity index (χ1n) is 4.22. The van der Waals surface area contributed by atoms with Crippen molar-refractivity contribution in [1.29, 1.82) is 0 Å². The van der Waals surface area contributed by atoms with Crippen molar-refractivity contribution in [3.8, 4) is 0 Å². The van der Waals surface area contributed by atoms with Gasteiger partial charge in [-0.3, -0.25) is 0 Å². The van der Waals surface area contributed by atoms with Crippen LogP contribution >= 0.6 is 0 Å². The fraction of sp³-hybridized carbons (Fsp3) is 1.00. The van der Waals surface area contributed by atoms with Crippen molar-refractivity contribution in [3.63, 3.8) is 0 Å². The molecule has 1 nitrogen and oxygen atoms in total. The van der Waals surface area contributed by atoms with Gasteiger partial charge in [0.2, 0.25) is 0 Å². The normalized spacial score (nSPS) is 40.2. The lowest BCUT2D eigenvalue weighted by Gasteiger charge is -2.46. The van der Waals surface area contributed by atoms with Crippen molar-refractivity contribution in [2.75, 3.05) is 0 Å². The maximum absolute atomic E-state index is 5.82. The van der Waals surface area contributed by atoms with E-state index in [4.69, 9.17) is 4.74 Å². The Kier molecular flexibility index (Phi) is 2.20.